The summed E-state index contributed by atoms with van der Waals surface area (Å²) >= 11 is 0. The lowest BCUT2D eigenvalue weighted by Gasteiger charge is -2.54. The molecule has 4 aliphatic carbocycles. The highest BCUT2D eigenvalue weighted by Crippen LogP contribution is 2.59. The van der Waals surface area contributed by atoms with E-state index in [-0.39, 0.29) is 10.8 Å². The molecule has 1 aromatic carbocycles. The molecular formula is C17H21NO2. The number of hydrogen-bond donors (Lipinski definition) is 0. The van der Waals surface area contributed by atoms with Crippen molar-refractivity contribution in [1.82, 2.24) is 0 Å². The second kappa shape index (κ2) is 4.57. The highest BCUT2D eigenvalue weighted by Gasteiger charge is 2.54. The molecule has 4 fully saturated rings. The van der Waals surface area contributed by atoms with Gasteiger partial charge in [-0.25, -0.2) is 0 Å². The first-order chi connectivity index (χ1) is 9.72. The van der Waals surface area contributed by atoms with Crippen molar-refractivity contribution in [2.45, 2.75) is 38.1 Å². The zero-order chi connectivity index (χ0) is 13.7. The molecule has 1 atom stereocenters. The maximum atomic E-state index is 11.7. The van der Waals surface area contributed by atoms with Crippen LogP contribution in [0.2, 0.25) is 0 Å². The molecule has 0 saturated heterocycles. The highest BCUT2D eigenvalue weighted by molar-refractivity contribution is 5.19. The van der Waals surface area contributed by atoms with Crippen molar-refractivity contribution < 1.29 is 4.92 Å². The van der Waals surface area contributed by atoms with Gasteiger partial charge in [0.15, 0.2) is 0 Å². The minimum Gasteiger partial charge on any atom is -0.264 e. The SMILES string of the molecule is O=[N+]([O-])C(c1ccccc1)C1C2CC3CC(C2)CC1C3. The molecule has 3 nitrogen and oxygen atoms in total. The van der Waals surface area contributed by atoms with Crippen molar-refractivity contribution in [3.63, 3.8) is 0 Å². The lowest BCUT2D eigenvalue weighted by Crippen LogP contribution is -2.48. The predicted octanol–water partition coefficient (Wildman–Crippen LogP) is 4.08. The Hall–Kier alpha value is -1.38. The normalized spacial score (nSPS) is 39.7. The second-order valence-corrected chi connectivity index (χ2v) is 7.15. The summed E-state index contributed by atoms with van der Waals surface area (Å²) in [6, 6.07) is 9.21. The van der Waals surface area contributed by atoms with Gasteiger partial charge in [0.05, 0.1) is 0 Å². The Morgan fingerprint density at radius 3 is 2.00 bits per heavy atom. The molecule has 0 spiro atoms. The average molecular weight is 271 g/mol. The van der Waals surface area contributed by atoms with E-state index in [0.717, 1.165) is 17.4 Å². The van der Waals surface area contributed by atoms with Crippen LogP contribution in [0, 0.1) is 39.7 Å². The van der Waals surface area contributed by atoms with Gasteiger partial charge in [-0.3, -0.25) is 10.1 Å². The molecule has 20 heavy (non-hydrogen) atoms. The zero-order valence-electron chi connectivity index (χ0n) is 11.7. The summed E-state index contributed by atoms with van der Waals surface area (Å²) in [5.74, 6) is 3.22. The Kier molecular flexibility index (Phi) is 2.83. The van der Waals surface area contributed by atoms with Crippen molar-refractivity contribution in [2.24, 2.45) is 29.6 Å². The Morgan fingerprint density at radius 1 is 0.950 bits per heavy atom. The third-order valence-corrected chi connectivity index (χ3v) is 6.03. The Labute approximate surface area is 119 Å². The Bertz CT molecular complexity index is 485. The van der Waals surface area contributed by atoms with Crippen molar-refractivity contribution in [2.75, 3.05) is 0 Å². The monoisotopic (exact) mass is 271 g/mol. The molecule has 106 valence electrons. The van der Waals surface area contributed by atoms with Crippen LogP contribution in [0.1, 0.15) is 43.7 Å². The molecule has 0 aromatic heterocycles. The summed E-state index contributed by atoms with van der Waals surface area (Å²) in [7, 11) is 0. The molecule has 5 rings (SSSR count). The fourth-order valence-corrected chi connectivity index (χ4v) is 5.62. The zero-order valence-corrected chi connectivity index (χ0v) is 11.7. The first kappa shape index (κ1) is 12.4. The summed E-state index contributed by atoms with van der Waals surface area (Å²) in [6.07, 6.45) is 6.38. The van der Waals surface area contributed by atoms with Crippen LogP contribution in [0.5, 0.6) is 0 Å². The molecule has 3 heteroatoms. The molecule has 4 bridgehead atoms. The molecule has 0 radical (unpaired) electrons. The fourth-order valence-electron chi connectivity index (χ4n) is 5.62. The summed E-state index contributed by atoms with van der Waals surface area (Å²) in [5, 5.41) is 11.7. The van der Waals surface area contributed by atoms with Crippen LogP contribution < -0.4 is 0 Å². The quantitative estimate of drug-likeness (QED) is 0.614. The van der Waals surface area contributed by atoms with Gasteiger partial charge in [0, 0.05) is 16.4 Å². The van der Waals surface area contributed by atoms with Gasteiger partial charge in [0.1, 0.15) is 0 Å². The van der Waals surface area contributed by atoms with Gasteiger partial charge in [-0.05, 0) is 55.8 Å². The van der Waals surface area contributed by atoms with E-state index in [4.69, 9.17) is 0 Å². The molecule has 4 saturated carbocycles. The summed E-state index contributed by atoms with van der Waals surface area (Å²) in [6.45, 7) is 0. The van der Waals surface area contributed by atoms with E-state index >= 15 is 0 Å². The van der Waals surface area contributed by atoms with Gasteiger partial charge in [0.25, 0.3) is 0 Å². The van der Waals surface area contributed by atoms with Crippen LogP contribution in [0.3, 0.4) is 0 Å². The van der Waals surface area contributed by atoms with E-state index in [9.17, 15) is 10.1 Å². The molecule has 0 heterocycles. The van der Waals surface area contributed by atoms with Crippen LogP contribution in [-0.4, -0.2) is 4.92 Å². The highest BCUT2D eigenvalue weighted by atomic mass is 16.6. The maximum absolute atomic E-state index is 11.7. The minimum absolute atomic E-state index is 0.0116. The standard InChI is InChI=1S/C17H21NO2/c19-18(20)17(13-4-2-1-3-5-13)16-14-7-11-6-12(9-14)10-15(16)8-11/h1-5,11-12,14-17H,6-10H2. The molecule has 1 unspecified atom stereocenters. The lowest BCUT2D eigenvalue weighted by atomic mass is 9.50. The molecule has 0 aliphatic heterocycles. The van der Waals surface area contributed by atoms with Gasteiger partial charge in [-0.1, -0.05) is 30.3 Å². The van der Waals surface area contributed by atoms with Crippen LogP contribution in [-0.2, 0) is 0 Å². The van der Waals surface area contributed by atoms with Crippen LogP contribution >= 0.6 is 0 Å². The van der Waals surface area contributed by atoms with E-state index in [2.05, 4.69) is 0 Å². The molecule has 4 aliphatic rings. The van der Waals surface area contributed by atoms with Crippen LogP contribution in [0.15, 0.2) is 30.3 Å². The predicted molar refractivity (Wildman–Crippen MR) is 76.7 cm³/mol. The summed E-state index contributed by atoms with van der Waals surface area (Å²) in [4.78, 5) is 11.7. The van der Waals surface area contributed by atoms with Crippen molar-refractivity contribution >= 4 is 0 Å². The third-order valence-electron chi connectivity index (χ3n) is 6.03. The van der Waals surface area contributed by atoms with Gasteiger partial charge in [-0.15, -0.1) is 0 Å². The van der Waals surface area contributed by atoms with Crippen LogP contribution in [0.4, 0.5) is 0 Å². The summed E-state index contributed by atoms with van der Waals surface area (Å²) in [5.41, 5.74) is 0.912. The maximum Gasteiger partial charge on any atom is 0.241 e. The first-order valence-electron chi connectivity index (χ1n) is 7.91. The van der Waals surface area contributed by atoms with E-state index in [1.54, 1.807) is 0 Å². The number of nitrogens with zero attached hydrogens (tertiary/aromatic N) is 1. The topological polar surface area (TPSA) is 43.1 Å². The van der Waals surface area contributed by atoms with E-state index in [1.165, 1.54) is 32.1 Å². The van der Waals surface area contributed by atoms with Crippen molar-refractivity contribution in [3.05, 3.63) is 46.0 Å². The molecule has 0 amide bonds. The summed E-state index contributed by atoms with van der Waals surface area (Å²) < 4.78 is 0. The van der Waals surface area contributed by atoms with Crippen LogP contribution in [0.25, 0.3) is 0 Å². The Balaban J connectivity index is 1.69. The van der Waals surface area contributed by atoms with Gasteiger partial charge in [0.2, 0.25) is 6.04 Å². The van der Waals surface area contributed by atoms with Gasteiger partial charge < -0.3 is 0 Å². The molecular weight excluding hydrogens is 250 g/mol. The lowest BCUT2D eigenvalue weighted by molar-refractivity contribution is -0.546. The minimum atomic E-state index is -0.480. The number of benzene rings is 1. The van der Waals surface area contributed by atoms with Gasteiger partial charge in [-0.2, -0.15) is 0 Å². The number of rotatable bonds is 3. The van der Waals surface area contributed by atoms with Gasteiger partial charge >= 0.3 is 0 Å². The third kappa shape index (κ3) is 1.87. The fraction of sp³-hybridized carbons (Fsp3) is 0.647. The van der Waals surface area contributed by atoms with E-state index in [1.807, 2.05) is 30.3 Å². The largest absolute Gasteiger partial charge is 0.264 e. The molecule has 0 N–H and O–H groups in total. The first-order valence-corrected chi connectivity index (χ1v) is 7.91. The smallest absolute Gasteiger partial charge is 0.241 e. The van der Waals surface area contributed by atoms with E-state index < -0.39 is 6.04 Å². The average Bonchev–Trinajstić information content (AvgIpc) is 2.42. The molecule has 1 aromatic rings. The van der Waals surface area contributed by atoms with Crippen molar-refractivity contribution in [1.29, 1.82) is 0 Å². The number of hydrogen-bond acceptors (Lipinski definition) is 2. The Morgan fingerprint density at radius 2 is 1.50 bits per heavy atom. The second-order valence-electron chi connectivity index (χ2n) is 7.15. The van der Waals surface area contributed by atoms with Crippen molar-refractivity contribution in [3.8, 4) is 0 Å². The number of nitro groups is 1. The van der Waals surface area contributed by atoms with E-state index in [0.29, 0.717) is 11.8 Å².